The molecule has 0 aliphatic rings. The zero-order valence-corrected chi connectivity index (χ0v) is 44.2. The van der Waals surface area contributed by atoms with Crippen LogP contribution in [0.4, 0.5) is 17.1 Å². The van der Waals surface area contributed by atoms with Crippen molar-refractivity contribution in [3.63, 3.8) is 0 Å². The van der Waals surface area contributed by atoms with E-state index in [4.69, 9.17) is 4.42 Å². The highest BCUT2D eigenvalue weighted by atomic mass is 16.3. The highest BCUT2D eigenvalue weighted by Gasteiger charge is 2.24. The van der Waals surface area contributed by atoms with Crippen LogP contribution in [0.1, 0.15) is 0 Å². The van der Waals surface area contributed by atoms with Gasteiger partial charge >= 0.3 is 0 Å². The Bertz CT molecular complexity index is 5070. The summed E-state index contributed by atoms with van der Waals surface area (Å²) >= 11 is 0. The second-order valence-corrected chi connectivity index (χ2v) is 21.1. The minimum Gasteiger partial charge on any atom is -0.456 e. The van der Waals surface area contributed by atoms with Gasteiger partial charge in [0.2, 0.25) is 0 Å². The molecule has 0 bridgehead atoms. The maximum absolute atomic E-state index is 6.45. The first-order valence-corrected chi connectivity index (χ1v) is 27.8. The Morgan fingerprint density at radius 3 is 1.40 bits per heavy atom. The van der Waals surface area contributed by atoms with Crippen LogP contribution in [0, 0.1) is 0 Å². The molecule has 378 valence electrons. The summed E-state index contributed by atoms with van der Waals surface area (Å²) in [4.78, 5) is 2.48. The van der Waals surface area contributed by atoms with Crippen LogP contribution in [-0.2, 0) is 0 Å². The van der Waals surface area contributed by atoms with Crippen molar-refractivity contribution >= 4 is 93.1 Å². The third-order valence-corrected chi connectivity index (χ3v) is 16.6. The number of nitrogens with zero attached hydrogens (tertiary/aromatic N) is 2. The first-order chi connectivity index (χ1) is 40.2. The van der Waals surface area contributed by atoms with Crippen LogP contribution >= 0.6 is 0 Å². The molecule has 2 heterocycles. The van der Waals surface area contributed by atoms with Gasteiger partial charge in [-0.2, -0.15) is 0 Å². The average Bonchev–Trinajstić information content (AvgIpc) is 4.31. The number of benzene rings is 14. The zero-order chi connectivity index (χ0) is 53.4. The molecular weight excluding hydrogens is 981 g/mol. The molecule has 81 heavy (non-hydrogen) atoms. The van der Waals surface area contributed by atoms with E-state index in [1.807, 2.05) is 6.07 Å². The molecule has 16 aromatic rings. The standard InChI is InChI=1S/C78H50N2O/c1-4-24-59-51(18-1)21-15-31-61(59)54-38-42-57(43-39-54)79(58-44-45-65(64-33-17-23-53-20-3-6-26-62(53)64)70(50-58)56-41-47-78-72(49-56)69-30-10-14-37-77(69)81-78)73-34-11-9-29-68(73)71-48-55(63-32-16-22-52-19-2-5-25-60(52)63)40-46-76(71)80-74-35-12-7-27-66(74)67-28-8-13-36-75(67)80/h1-50H. The highest BCUT2D eigenvalue weighted by Crippen LogP contribution is 2.49. The van der Waals surface area contributed by atoms with Gasteiger partial charge in [0.05, 0.1) is 22.4 Å². The van der Waals surface area contributed by atoms with Crippen molar-refractivity contribution in [1.29, 1.82) is 0 Å². The molecule has 3 nitrogen and oxygen atoms in total. The zero-order valence-electron chi connectivity index (χ0n) is 44.2. The molecule has 0 fully saturated rings. The number of furan rings is 1. The molecule has 3 heteroatoms. The number of rotatable bonds is 9. The second-order valence-electron chi connectivity index (χ2n) is 21.1. The van der Waals surface area contributed by atoms with E-state index < -0.39 is 0 Å². The van der Waals surface area contributed by atoms with Crippen LogP contribution < -0.4 is 4.90 Å². The average molecular weight is 1030 g/mol. The third-order valence-electron chi connectivity index (χ3n) is 16.6. The summed E-state index contributed by atoms with van der Waals surface area (Å²) in [5.74, 6) is 0. The fourth-order valence-electron chi connectivity index (χ4n) is 12.9. The van der Waals surface area contributed by atoms with Crippen LogP contribution in [0.3, 0.4) is 0 Å². The van der Waals surface area contributed by atoms with Crippen molar-refractivity contribution in [2.24, 2.45) is 0 Å². The van der Waals surface area contributed by atoms with Gasteiger partial charge in [-0.25, -0.2) is 0 Å². The first-order valence-electron chi connectivity index (χ1n) is 27.8. The van der Waals surface area contributed by atoms with E-state index in [0.29, 0.717) is 0 Å². The van der Waals surface area contributed by atoms with Gasteiger partial charge in [0.1, 0.15) is 11.2 Å². The topological polar surface area (TPSA) is 21.3 Å². The van der Waals surface area contributed by atoms with Gasteiger partial charge in [0.15, 0.2) is 0 Å². The van der Waals surface area contributed by atoms with Crippen molar-refractivity contribution < 1.29 is 4.42 Å². The lowest BCUT2D eigenvalue weighted by Gasteiger charge is -2.30. The number of anilines is 3. The molecule has 2 aromatic heterocycles. The van der Waals surface area contributed by atoms with Gasteiger partial charge in [-0.1, -0.05) is 231 Å². The summed E-state index contributed by atoms with van der Waals surface area (Å²) < 4.78 is 8.92. The summed E-state index contributed by atoms with van der Waals surface area (Å²) in [5.41, 5.74) is 19.8. The maximum Gasteiger partial charge on any atom is 0.135 e. The van der Waals surface area contributed by atoms with E-state index in [2.05, 4.69) is 307 Å². The van der Waals surface area contributed by atoms with Gasteiger partial charge in [-0.15, -0.1) is 0 Å². The van der Waals surface area contributed by atoms with Gasteiger partial charge < -0.3 is 13.9 Å². The predicted octanol–water partition coefficient (Wildman–Crippen LogP) is 21.9. The summed E-state index contributed by atoms with van der Waals surface area (Å²) in [6.07, 6.45) is 0. The van der Waals surface area contributed by atoms with E-state index in [1.165, 1.54) is 59.8 Å². The molecule has 0 amide bonds. The minimum atomic E-state index is 0.870. The molecule has 0 saturated heterocycles. The smallest absolute Gasteiger partial charge is 0.135 e. The molecule has 0 radical (unpaired) electrons. The molecule has 0 aliphatic heterocycles. The van der Waals surface area contributed by atoms with Crippen molar-refractivity contribution in [2.45, 2.75) is 0 Å². The van der Waals surface area contributed by atoms with Gasteiger partial charge in [-0.3, -0.25) is 0 Å². The Balaban J connectivity index is 0.972. The molecule has 0 atom stereocenters. The van der Waals surface area contributed by atoms with Gasteiger partial charge in [0, 0.05) is 44.0 Å². The van der Waals surface area contributed by atoms with E-state index in [-0.39, 0.29) is 0 Å². The number of para-hydroxylation sites is 4. The van der Waals surface area contributed by atoms with E-state index in [1.54, 1.807) is 0 Å². The molecule has 0 spiro atoms. The van der Waals surface area contributed by atoms with Crippen LogP contribution in [0.2, 0.25) is 0 Å². The normalized spacial score (nSPS) is 11.7. The third kappa shape index (κ3) is 7.74. The molecular formula is C78H50N2O. The molecule has 0 unspecified atom stereocenters. The van der Waals surface area contributed by atoms with E-state index in [9.17, 15) is 0 Å². The van der Waals surface area contributed by atoms with Crippen molar-refractivity contribution in [3.8, 4) is 61.3 Å². The van der Waals surface area contributed by atoms with Crippen molar-refractivity contribution in [3.05, 3.63) is 303 Å². The second kappa shape index (κ2) is 19.0. The van der Waals surface area contributed by atoms with E-state index in [0.717, 1.165) is 94.7 Å². The Hall–Kier alpha value is -10.7. The highest BCUT2D eigenvalue weighted by molar-refractivity contribution is 6.11. The Morgan fingerprint density at radius 2 is 0.716 bits per heavy atom. The number of fused-ring (bicyclic) bond motifs is 9. The SMILES string of the molecule is c1ccc(N(c2ccc(-c3cccc4ccccc34)cc2)c2ccc(-c3cccc4ccccc34)c(-c3ccc4oc5ccccc5c4c3)c2)c(-c2cc(-c3cccc4ccccc34)ccc2-n2c3ccccc3c3ccccc32)c1. The first kappa shape index (κ1) is 46.4. The van der Waals surface area contributed by atoms with E-state index >= 15 is 0 Å². The quantitative estimate of drug-likeness (QED) is 0.144. The van der Waals surface area contributed by atoms with Crippen LogP contribution in [0.15, 0.2) is 308 Å². The molecule has 0 N–H and O–H groups in total. The Labute approximate surface area is 469 Å². The van der Waals surface area contributed by atoms with Gasteiger partial charge in [-0.05, 0) is 150 Å². The summed E-state index contributed by atoms with van der Waals surface area (Å²) in [5, 5.41) is 11.9. The number of hydrogen-bond donors (Lipinski definition) is 0. The number of aromatic nitrogens is 1. The minimum absolute atomic E-state index is 0.870. The molecule has 16 rings (SSSR count). The summed E-state index contributed by atoms with van der Waals surface area (Å²) in [6.45, 7) is 0. The van der Waals surface area contributed by atoms with Gasteiger partial charge in [0.25, 0.3) is 0 Å². The molecule has 14 aromatic carbocycles. The fraction of sp³-hybridized carbons (Fsp3) is 0. The Morgan fingerprint density at radius 1 is 0.247 bits per heavy atom. The van der Waals surface area contributed by atoms with Crippen LogP contribution in [0.25, 0.3) is 137 Å². The van der Waals surface area contributed by atoms with Crippen LogP contribution in [-0.4, -0.2) is 4.57 Å². The largest absolute Gasteiger partial charge is 0.456 e. The van der Waals surface area contributed by atoms with Crippen molar-refractivity contribution in [2.75, 3.05) is 4.90 Å². The lowest BCUT2D eigenvalue weighted by atomic mass is 9.90. The number of hydrogen-bond acceptors (Lipinski definition) is 2. The summed E-state index contributed by atoms with van der Waals surface area (Å²) in [6, 6.07) is 111. The Kier molecular flexibility index (Phi) is 10.9. The monoisotopic (exact) mass is 1030 g/mol. The summed E-state index contributed by atoms with van der Waals surface area (Å²) in [7, 11) is 0. The predicted molar refractivity (Wildman–Crippen MR) is 342 cm³/mol. The van der Waals surface area contributed by atoms with Crippen LogP contribution in [0.5, 0.6) is 0 Å². The van der Waals surface area contributed by atoms with Crippen molar-refractivity contribution in [1.82, 2.24) is 4.57 Å². The molecule has 0 saturated carbocycles. The maximum atomic E-state index is 6.45. The molecule has 0 aliphatic carbocycles. The lowest BCUT2D eigenvalue weighted by molar-refractivity contribution is 0.669. The lowest BCUT2D eigenvalue weighted by Crippen LogP contribution is -2.12. The fourth-order valence-corrected chi connectivity index (χ4v) is 12.9.